The van der Waals surface area contributed by atoms with E-state index in [1.54, 1.807) is 11.3 Å². The van der Waals surface area contributed by atoms with Gasteiger partial charge in [0.25, 0.3) is 0 Å². The SMILES string of the molecule is Cc1ccc(C(N)Cc2nc(C(C)(C)C)cs2)cc1. The van der Waals surface area contributed by atoms with E-state index in [0.29, 0.717) is 0 Å². The fourth-order valence-corrected chi connectivity index (χ4v) is 2.95. The Hall–Kier alpha value is -1.19. The standard InChI is InChI=1S/C16H22N2S/c1-11-5-7-12(8-6-11)13(17)9-15-18-14(10-19-15)16(2,3)4/h5-8,10,13H,9,17H2,1-4H3. The maximum absolute atomic E-state index is 6.26. The van der Waals surface area contributed by atoms with Crippen molar-refractivity contribution in [1.82, 2.24) is 4.98 Å². The molecule has 2 nitrogen and oxygen atoms in total. The normalized spacial score (nSPS) is 13.5. The van der Waals surface area contributed by atoms with Gasteiger partial charge in [0, 0.05) is 23.3 Å². The van der Waals surface area contributed by atoms with Gasteiger partial charge < -0.3 is 5.73 Å². The van der Waals surface area contributed by atoms with Crippen LogP contribution in [0.15, 0.2) is 29.6 Å². The highest BCUT2D eigenvalue weighted by Crippen LogP contribution is 2.26. The third-order valence-corrected chi connectivity index (χ3v) is 4.09. The summed E-state index contributed by atoms with van der Waals surface area (Å²) in [7, 11) is 0. The molecule has 2 N–H and O–H groups in total. The van der Waals surface area contributed by atoms with Gasteiger partial charge in [-0.05, 0) is 12.5 Å². The molecule has 102 valence electrons. The van der Waals surface area contributed by atoms with Gasteiger partial charge in [0.2, 0.25) is 0 Å². The van der Waals surface area contributed by atoms with E-state index in [1.165, 1.54) is 11.1 Å². The number of hydrogen-bond donors (Lipinski definition) is 1. The molecule has 0 aliphatic heterocycles. The number of rotatable bonds is 3. The molecule has 1 atom stereocenters. The second-order valence-electron chi connectivity index (χ2n) is 6.10. The van der Waals surface area contributed by atoms with Crippen molar-refractivity contribution in [3.63, 3.8) is 0 Å². The summed E-state index contributed by atoms with van der Waals surface area (Å²) in [5, 5.41) is 3.27. The number of nitrogens with two attached hydrogens (primary N) is 1. The van der Waals surface area contributed by atoms with E-state index in [0.717, 1.165) is 17.1 Å². The third-order valence-electron chi connectivity index (χ3n) is 3.22. The lowest BCUT2D eigenvalue weighted by Gasteiger charge is -2.14. The first-order valence-corrected chi connectivity index (χ1v) is 7.51. The van der Waals surface area contributed by atoms with Crippen molar-refractivity contribution >= 4 is 11.3 Å². The van der Waals surface area contributed by atoms with Crippen molar-refractivity contribution in [3.8, 4) is 0 Å². The number of aromatic nitrogens is 1. The molecule has 1 heterocycles. The molecule has 19 heavy (non-hydrogen) atoms. The second-order valence-corrected chi connectivity index (χ2v) is 7.04. The Kier molecular flexibility index (Phi) is 4.07. The average Bonchev–Trinajstić information content (AvgIpc) is 2.78. The molecule has 2 aromatic rings. The van der Waals surface area contributed by atoms with Gasteiger partial charge in [0.1, 0.15) is 0 Å². The number of thiazole rings is 1. The Bertz CT molecular complexity index is 535. The molecule has 3 heteroatoms. The minimum Gasteiger partial charge on any atom is -0.324 e. The maximum atomic E-state index is 6.26. The van der Waals surface area contributed by atoms with Gasteiger partial charge in [-0.2, -0.15) is 0 Å². The highest BCUT2D eigenvalue weighted by atomic mass is 32.1. The van der Waals surface area contributed by atoms with Crippen LogP contribution in [0.2, 0.25) is 0 Å². The van der Waals surface area contributed by atoms with Crippen molar-refractivity contribution in [2.75, 3.05) is 0 Å². The summed E-state index contributed by atoms with van der Waals surface area (Å²) in [6, 6.07) is 8.46. The van der Waals surface area contributed by atoms with Crippen molar-refractivity contribution in [2.24, 2.45) is 5.73 Å². The zero-order chi connectivity index (χ0) is 14.0. The molecule has 0 saturated heterocycles. The van der Waals surface area contributed by atoms with E-state index in [4.69, 9.17) is 10.7 Å². The van der Waals surface area contributed by atoms with Crippen LogP contribution in [-0.4, -0.2) is 4.98 Å². The van der Waals surface area contributed by atoms with Gasteiger partial charge >= 0.3 is 0 Å². The summed E-state index contributed by atoms with van der Waals surface area (Å²) in [4.78, 5) is 4.70. The van der Waals surface area contributed by atoms with E-state index in [2.05, 4.69) is 57.3 Å². The Labute approximate surface area is 119 Å². The molecule has 0 aliphatic carbocycles. The zero-order valence-corrected chi connectivity index (χ0v) is 12.9. The molecule has 0 amide bonds. The average molecular weight is 274 g/mol. The quantitative estimate of drug-likeness (QED) is 0.919. The first-order chi connectivity index (χ1) is 8.86. The fourth-order valence-electron chi connectivity index (χ4n) is 1.87. The van der Waals surface area contributed by atoms with E-state index < -0.39 is 0 Å². The molecule has 0 fully saturated rings. The molecule has 0 aliphatic rings. The predicted molar refractivity (Wildman–Crippen MR) is 82.6 cm³/mol. The van der Waals surface area contributed by atoms with Crippen molar-refractivity contribution < 1.29 is 0 Å². The van der Waals surface area contributed by atoms with E-state index in [1.807, 2.05) is 0 Å². The Balaban J connectivity index is 2.08. The number of benzene rings is 1. The van der Waals surface area contributed by atoms with E-state index in [9.17, 15) is 0 Å². The summed E-state index contributed by atoms with van der Waals surface area (Å²) < 4.78 is 0. The van der Waals surface area contributed by atoms with Crippen LogP contribution >= 0.6 is 11.3 Å². The van der Waals surface area contributed by atoms with Crippen molar-refractivity contribution in [1.29, 1.82) is 0 Å². The van der Waals surface area contributed by atoms with Crippen LogP contribution in [-0.2, 0) is 11.8 Å². The van der Waals surface area contributed by atoms with E-state index in [-0.39, 0.29) is 11.5 Å². The molecule has 2 rings (SSSR count). The van der Waals surface area contributed by atoms with E-state index >= 15 is 0 Å². The summed E-state index contributed by atoms with van der Waals surface area (Å²) in [5.41, 5.74) is 9.97. The van der Waals surface area contributed by atoms with Crippen LogP contribution in [0.25, 0.3) is 0 Å². The van der Waals surface area contributed by atoms with Crippen LogP contribution in [0.1, 0.15) is 48.6 Å². The summed E-state index contributed by atoms with van der Waals surface area (Å²) in [6.45, 7) is 8.65. The third kappa shape index (κ3) is 3.64. The van der Waals surface area contributed by atoms with Crippen LogP contribution in [0, 0.1) is 6.92 Å². The zero-order valence-electron chi connectivity index (χ0n) is 12.1. The molecule has 0 bridgehead atoms. The number of hydrogen-bond acceptors (Lipinski definition) is 3. The largest absolute Gasteiger partial charge is 0.324 e. The molecule has 1 aromatic carbocycles. The highest BCUT2D eigenvalue weighted by molar-refractivity contribution is 7.09. The van der Waals surface area contributed by atoms with Crippen molar-refractivity contribution in [2.45, 2.75) is 45.6 Å². The molecular weight excluding hydrogens is 252 g/mol. The predicted octanol–water partition coefficient (Wildman–Crippen LogP) is 3.99. The summed E-state index contributed by atoms with van der Waals surface area (Å²) >= 11 is 1.71. The molecule has 0 saturated carbocycles. The van der Waals surface area contributed by atoms with Gasteiger partial charge in [-0.1, -0.05) is 50.6 Å². The van der Waals surface area contributed by atoms with Crippen molar-refractivity contribution in [3.05, 3.63) is 51.5 Å². The molecule has 1 aromatic heterocycles. The second kappa shape index (κ2) is 5.43. The molecule has 0 spiro atoms. The van der Waals surface area contributed by atoms with Gasteiger partial charge in [0.15, 0.2) is 0 Å². The smallest absolute Gasteiger partial charge is 0.0947 e. The lowest BCUT2D eigenvalue weighted by Crippen LogP contribution is -2.14. The monoisotopic (exact) mass is 274 g/mol. The Morgan fingerprint density at radius 2 is 1.84 bits per heavy atom. The Morgan fingerprint density at radius 1 is 1.21 bits per heavy atom. The van der Waals surface area contributed by atoms with Crippen LogP contribution in [0.5, 0.6) is 0 Å². The minimum absolute atomic E-state index is 0.0274. The number of aryl methyl sites for hydroxylation is 1. The maximum Gasteiger partial charge on any atom is 0.0947 e. The minimum atomic E-state index is 0.0274. The van der Waals surface area contributed by atoms with Crippen LogP contribution < -0.4 is 5.73 Å². The van der Waals surface area contributed by atoms with Crippen LogP contribution in [0.4, 0.5) is 0 Å². The van der Waals surface area contributed by atoms with Gasteiger partial charge in [-0.15, -0.1) is 11.3 Å². The summed E-state index contributed by atoms with van der Waals surface area (Å²) in [5.74, 6) is 0. The number of nitrogens with zero attached hydrogens (tertiary/aromatic N) is 1. The van der Waals surface area contributed by atoms with Crippen LogP contribution in [0.3, 0.4) is 0 Å². The topological polar surface area (TPSA) is 38.9 Å². The molecule has 1 unspecified atom stereocenters. The first-order valence-electron chi connectivity index (χ1n) is 6.63. The first kappa shape index (κ1) is 14.2. The van der Waals surface area contributed by atoms with Gasteiger partial charge in [-0.25, -0.2) is 4.98 Å². The lowest BCUT2D eigenvalue weighted by molar-refractivity contribution is 0.569. The summed E-state index contributed by atoms with van der Waals surface area (Å²) in [6.07, 6.45) is 0.809. The lowest BCUT2D eigenvalue weighted by atomic mass is 9.93. The highest BCUT2D eigenvalue weighted by Gasteiger charge is 2.18. The van der Waals surface area contributed by atoms with Gasteiger partial charge in [0.05, 0.1) is 10.7 Å². The van der Waals surface area contributed by atoms with Gasteiger partial charge in [-0.3, -0.25) is 0 Å². The molecule has 0 radical (unpaired) electrons. The molecular formula is C16H22N2S. The Morgan fingerprint density at radius 3 is 2.37 bits per heavy atom. The fraction of sp³-hybridized carbons (Fsp3) is 0.438.